The van der Waals surface area contributed by atoms with Gasteiger partial charge in [-0.05, 0) is 38.8 Å². The van der Waals surface area contributed by atoms with Crippen LogP contribution in [0.4, 0.5) is 0 Å². The third-order valence-corrected chi connectivity index (χ3v) is 3.44. The maximum absolute atomic E-state index is 12.2. The van der Waals surface area contributed by atoms with E-state index in [0.717, 1.165) is 12.0 Å². The number of nitrogens with zero attached hydrogens (tertiary/aromatic N) is 1. The van der Waals surface area contributed by atoms with E-state index >= 15 is 0 Å². The molecule has 1 aromatic rings. The molecule has 2 N–H and O–H groups in total. The Kier molecular flexibility index (Phi) is 4.39. The molecule has 0 saturated carbocycles. The van der Waals surface area contributed by atoms with E-state index in [-0.39, 0.29) is 11.9 Å². The van der Waals surface area contributed by atoms with E-state index in [1.807, 2.05) is 19.1 Å². The van der Waals surface area contributed by atoms with Gasteiger partial charge in [0.2, 0.25) is 5.91 Å². The fourth-order valence-electron chi connectivity index (χ4n) is 2.33. The third-order valence-electron chi connectivity index (χ3n) is 3.44. The predicted molar refractivity (Wildman–Crippen MR) is 75.2 cm³/mol. The van der Waals surface area contributed by atoms with Crippen molar-refractivity contribution in [1.82, 2.24) is 4.90 Å². The molecule has 1 aliphatic heterocycles. The SMILES string of the molecule is Cc1ccc(OC(=O)[C@@H]2CCCN2C(=O)[C@H](C)N)cc1. The molecule has 0 bridgehead atoms. The van der Waals surface area contributed by atoms with Gasteiger partial charge in [-0.15, -0.1) is 0 Å². The minimum Gasteiger partial charge on any atom is -0.425 e. The standard InChI is InChI=1S/C15H20N2O3/c1-10-5-7-12(8-6-10)20-15(19)13-4-3-9-17(13)14(18)11(2)16/h5-8,11,13H,3-4,9,16H2,1-2H3/t11-,13-/m0/s1. The Morgan fingerprint density at radius 2 is 2.00 bits per heavy atom. The fourth-order valence-corrected chi connectivity index (χ4v) is 2.33. The van der Waals surface area contributed by atoms with Crippen LogP contribution in [0.2, 0.25) is 0 Å². The summed E-state index contributed by atoms with van der Waals surface area (Å²) >= 11 is 0. The van der Waals surface area contributed by atoms with Crippen molar-refractivity contribution < 1.29 is 14.3 Å². The van der Waals surface area contributed by atoms with Crippen LogP contribution >= 0.6 is 0 Å². The molecule has 0 radical (unpaired) electrons. The van der Waals surface area contributed by atoms with Gasteiger partial charge in [0, 0.05) is 6.54 Å². The smallest absolute Gasteiger partial charge is 0.334 e. The van der Waals surface area contributed by atoms with Crippen LogP contribution in [0, 0.1) is 6.92 Å². The van der Waals surface area contributed by atoms with Gasteiger partial charge in [-0.2, -0.15) is 0 Å². The maximum Gasteiger partial charge on any atom is 0.334 e. The van der Waals surface area contributed by atoms with Gasteiger partial charge >= 0.3 is 5.97 Å². The maximum atomic E-state index is 12.2. The molecule has 108 valence electrons. The highest BCUT2D eigenvalue weighted by atomic mass is 16.5. The zero-order chi connectivity index (χ0) is 14.7. The van der Waals surface area contributed by atoms with Crippen LogP contribution in [0.15, 0.2) is 24.3 Å². The topological polar surface area (TPSA) is 72.6 Å². The number of benzene rings is 1. The molecule has 1 aromatic carbocycles. The Morgan fingerprint density at radius 3 is 2.60 bits per heavy atom. The first-order valence-corrected chi connectivity index (χ1v) is 6.83. The molecule has 2 rings (SSSR count). The number of rotatable bonds is 3. The largest absolute Gasteiger partial charge is 0.425 e. The number of aryl methyl sites for hydroxylation is 1. The highest BCUT2D eigenvalue weighted by Crippen LogP contribution is 2.21. The minimum atomic E-state index is -0.595. The molecule has 0 aliphatic carbocycles. The summed E-state index contributed by atoms with van der Waals surface area (Å²) in [5.41, 5.74) is 6.70. The van der Waals surface area contributed by atoms with E-state index in [0.29, 0.717) is 18.7 Å². The van der Waals surface area contributed by atoms with Crippen LogP contribution in [0.3, 0.4) is 0 Å². The van der Waals surface area contributed by atoms with Gasteiger partial charge in [-0.3, -0.25) is 4.79 Å². The quantitative estimate of drug-likeness (QED) is 0.666. The first-order valence-electron chi connectivity index (χ1n) is 6.83. The van der Waals surface area contributed by atoms with Gasteiger partial charge in [0.05, 0.1) is 6.04 Å². The van der Waals surface area contributed by atoms with E-state index < -0.39 is 12.1 Å². The molecule has 1 amide bonds. The second-order valence-corrected chi connectivity index (χ2v) is 5.21. The Hall–Kier alpha value is -1.88. The molecular weight excluding hydrogens is 256 g/mol. The normalized spacial score (nSPS) is 19.8. The molecule has 1 fully saturated rings. The number of esters is 1. The molecule has 1 heterocycles. The summed E-state index contributed by atoms with van der Waals surface area (Å²) in [5.74, 6) is -0.0885. The zero-order valence-corrected chi connectivity index (χ0v) is 11.8. The number of carbonyl (C=O) groups is 2. The second kappa shape index (κ2) is 6.05. The van der Waals surface area contributed by atoms with E-state index in [4.69, 9.17) is 10.5 Å². The van der Waals surface area contributed by atoms with Gasteiger partial charge in [0.25, 0.3) is 0 Å². The van der Waals surface area contributed by atoms with Crippen molar-refractivity contribution >= 4 is 11.9 Å². The zero-order valence-electron chi connectivity index (χ0n) is 11.8. The number of ether oxygens (including phenoxy) is 1. The molecule has 1 saturated heterocycles. The fraction of sp³-hybridized carbons (Fsp3) is 0.467. The van der Waals surface area contributed by atoms with E-state index in [1.165, 1.54) is 4.90 Å². The average Bonchev–Trinajstić information content (AvgIpc) is 2.89. The van der Waals surface area contributed by atoms with E-state index in [2.05, 4.69) is 0 Å². The molecule has 20 heavy (non-hydrogen) atoms. The van der Waals surface area contributed by atoms with E-state index in [1.54, 1.807) is 19.1 Å². The average molecular weight is 276 g/mol. The van der Waals surface area contributed by atoms with Gasteiger partial charge < -0.3 is 15.4 Å². The van der Waals surface area contributed by atoms with Gasteiger partial charge in [-0.25, -0.2) is 4.79 Å². The van der Waals surface area contributed by atoms with E-state index in [9.17, 15) is 9.59 Å². The third kappa shape index (κ3) is 3.17. The Bertz CT molecular complexity index is 496. The first-order chi connectivity index (χ1) is 9.49. The minimum absolute atomic E-state index is 0.201. The predicted octanol–water partition coefficient (Wildman–Crippen LogP) is 1.24. The van der Waals surface area contributed by atoms with Gasteiger partial charge in [0.15, 0.2) is 0 Å². The van der Waals surface area contributed by atoms with Crippen molar-refractivity contribution in [3.8, 4) is 5.75 Å². The van der Waals surface area contributed by atoms with Crippen LogP contribution in [0.5, 0.6) is 5.75 Å². The lowest BCUT2D eigenvalue weighted by molar-refractivity contribution is -0.146. The Labute approximate surface area is 118 Å². The molecule has 5 nitrogen and oxygen atoms in total. The molecule has 0 spiro atoms. The highest BCUT2D eigenvalue weighted by Gasteiger charge is 2.36. The van der Waals surface area contributed by atoms with Crippen LogP contribution in [-0.2, 0) is 9.59 Å². The molecule has 0 aromatic heterocycles. The lowest BCUT2D eigenvalue weighted by Crippen LogP contribution is -2.48. The number of hydrogen-bond donors (Lipinski definition) is 1. The molecule has 5 heteroatoms. The van der Waals surface area contributed by atoms with Gasteiger partial charge in [0.1, 0.15) is 11.8 Å². The van der Waals surface area contributed by atoms with Crippen LogP contribution in [0.1, 0.15) is 25.3 Å². The summed E-state index contributed by atoms with van der Waals surface area (Å²) in [5, 5.41) is 0. The number of hydrogen-bond acceptors (Lipinski definition) is 4. The van der Waals surface area contributed by atoms with Crippen molar-refractivity contribution in [2.24, 2.45) is 5.73 Å². The number of likely N-dealkylation sites (tertiary alicyclic amines) is 1. The van der Waals surface area contributed by atoms with Crippen LogP contribution < -0.4 is 10.5 Å². The van der Waals surface area contributed by atoms with Crippen molar-refractivity contribution in [3.05, 3.63) is 29.8 Å². The van der Waals surface area contributed by atoms with Crippen LogP contribution in [0.25, 0.3) is 0 Å². The highest BCUT2D eigenvalue weighted by molar-refractivity contribution is 5.88. The summed E-state index contributed by atoms with van der Waals surface area (Å²) in [4.78, 5) is 25.7. The summed E-state index contributed by atoms with van der Waals surface area (Å²) in [6.45, 7) is 4.16. The Balaban J connectivity index is 2.04. The summed E-state index contributed by atoms with van der Waals surface area (Å²) in [6, 6.07) is 6.14. The number of carbonyl (C=O) groups excluding carboxylic acids is 2. The van der Waals surface area contributed by atoms with Crippen molar-refractivity contribution in [1.29, 1.82) is 0 Å². The molecular formula is C15H20N2O3. The molecule has 1 aliphatic rings. The van der Waals surface area contributed by atoms with Crippen molar-refractivity contribution in [3.63, 3.8) is 0 Å². The summed E-state index contributed by atoms with van der Waals surface area (Å²) < 4.78 is 5.34. The summed E-state index contributed by atoms with van der Waals surface area (Å²) in [6.07, 6.45) is 1.43. The van der Waals surface area contributed by atoms with Crippen LogP contribution in [-0.4, -0.2) is 35.4 Å². The monoisotopic (exact) mass is 276 g/mol. The summed E-state index contributed by atoms with van der Waals surface area (Å²) in [7, 11) is 0. The number of nitrogens with two attached hydrogens (primary N) is 1. The Morgan fingerprint density at radius 1 is 1.35 bits per heavy atom. The lowest BCUT2D eigenvalue weighted by atomic mass is 10.2. The molecule has 0 unspecified atom stereocenters. The van der Waals surface area contributed by atoms with Gasteiger partial charge in [-0.1, -0.05) is 17.7 Å². The van der Waals surface area contributed by atoms with Crippen molar-refractivity contribution in [2.45, 2.75) is 38.8 Å². The second-order valence-electron chi connectivity index (χ2n) is 5.21. The number of amides is 1. The molecule has 2 atom stereocenters. The van der Waals surface area contributed by atoms with Crippen molar-refractivity contribution in [2.75, 3.05) is 6.54 Å². The first kappa shape index (κ1) is 14.5. The lowest BCUT2D eigenvalue weighted by Gasteiger charge is -2.24.